The van der Waals surface area contributed by atoms with Crippen LogP contribution in [0.1, 0.15) is 15.9 Å². The molecule has 1 amide bonds. The van der Waals surface area contributed by atoms with Gasteiger partial charge in [-0.3, -0.25) is 14.2 Å². The summed E-state index contributed by atoms with van der Waals surface area (Å²) < 4.78 is 55.9. The Kier molecular flexibility index (Phi) is 7.53. The van der Waals surface area contributed by atoms with E-state index in [4.69, 9.17) is 11.6 Å². The summed E-state index contributed by atoms with van der Waals surface area (Å²) in [6.07, 6.45) is 0. The van der Waals surface area contributed by atoms with Crippen molar-refractivity contribution in [3.63, 3.8) is 0 Å². The molecule has 0 spiro atoms. The minimum atomic E-state index is -4.06. The van der Waals surface area contributed by atoms with Gasteiger partial charge in [-0.05, 0) is 73.7 Å². The van der Waals surface area contributed by atoms with Gasteiger partial charge in [0.2, 0.25) is 0 Å². The quantitative estimate of drug-likeness (QED) is 0.265. The van der Waals surface area contributed by atoms with Crippen LogP contribution in [0.4, 0.5) is 17.1 Å². The van der Waals surface area contributed by atoms with Crippen LogP contribution in [0.5, 0.6) is 0 Å². The Balaban J connectivity index is 1.49. The highest BCUT2D eigenvalue weighted by Gasteiger charge is 2.21. The molecule has 8 nitrogen and oxygen atoms in total. The van der Waals surface area contributed by atoms with Crippen molar-refractivity contribution in [1.29, 1.82) is 0 Å². The van der Waals surface area contributed by atoms with Crippen molar-refractivity contribution < 1.29 is 21.6 Å². The first-order chi connectivity index (χ1) is 17.5. The molecule has 190 valence electrons. The summed E-state index contributed by atoms with van der Waals surface area (Å²) in [6.45, 7) is 1.90. The summed E-state index contributed by atoms with van der Waals surface area (Å²) in [5.41, 5.74) is 2.15. The van der Waals surface area contributed by atoms with Crippen LogP contribution in [0.25, 0.3) is 0 Å². The normalized spacial score (nSPS) is 11.5. The first-order valence-corrected chi connectivity index (χ1v) is 14.3. The molecule has 11 heteroatoms. The molecule has 0 heterocycles. The van der Waals surface area contributed by atoms with Crippen LogP contribution in [-0.4, -0.2) is 22.7 Å². The number of rotatable bonds is 8. The van der Waals surface area contributed by atoms with E-state index in [1.54, 1.807) is 54.6 Å². The zero-order valence-corrected chi connectivity index (χ0v) is 21.9. The lowest BCUT2D eigenvalue weighted by molar-refractivity contribution is 0.102. The lowest BCUT2D eigenvalue weighted by Gasteiger charge is -2.12. The molecule has 3 N–H and O–H groups in total. The second kappa shape index (κ2) is 10.6. The molecular weight excluding hydrogens is 534 g/mol. The van der Waals surface area contributed by atoms with Crippen molar-refractivity contribution in [2.75, 3.05) is 14.8 Å². The monoisotopic (exact) mass is 555 g/mol. The summed E-state index contributed by atoms with van der Waals surface area (Å²) in [6, 6.07) is 24.7. The maximum atomic E-state index is 12.8. The minimum Gasteiger partial charge on any atom is -0.322 e. The Morgan fingerprint density at radius 3 is 1.89 bits per heavy atom. The summed E-state index contributed by atoms with van der Waals surface area (Å²) in [4.78, 5) is 12.6. The van der Waals surface area contributed by atoms with Crippen molar-refractivity contribution in [2.45, 2.75) is 16.7 Å². The number of para-hydroxylation sites is 1. The van der Waals surface area contributed by atoms with E-state index in [0.717, 1.165) is 5.56 Å². The second-order valence-corrected chi connectivity index (χ2v) is 11.8. The van der Waals surface area contributed by atoms with Gasteiger partial charge in [-0.25, -0.2) is 16.8 Å². The van der Waals surface area contributed by atoms with Gasteiger partial charge in [-0.1, -0.05) is 47.5 Å². The first kappa shape index (κ1) is 26.2. The number of benzene rings is 4. The molecule has 0 saturated heterocycles. The number of hydrogen-bond acceptors (Lipinski definition) is 5. The SMILES string of the molecule is Cc1ccc(NS(=O)(=O)c2ccc(NC(=O)c3ccc(Cl)c(S(=O)(=O)Nc4ccccc4)c3)cc2)cc1. The van der Waals surface area contributed by atoms with Crippen molar-refractivity contribution in [3.05, 3.63) is 113 Å². The van der Waals surface area contributed by atoms with Gasteiger partial charge in [-0.15, -0.1) is 0 Å². The second-order valence-electron chi connectivity index (χ2n) is 8.07. The number of carbonyl (C=O) groups excluding carboxylic acids is 1. The predicted molar refractivity (Wildman–Crippen MR) is 145 cm³/mol. The van der Waals surface area contributed by atoms with Gasteiger partial charge < -0.3 is 5.32 Å². The number of nitrogens with one attached hydrogen (secondary N) is 3. The lowest BCUT2D eigenvalue weighted by atomic mass is 10.2. The fourth-order valence-corrected chi connectivity index (χ4v) is 5.97. The number of halogens is 1. The molecule has 0 aliphatic rings. The number of sulfonamides is 2. The van der Waals surface area contributed by atoms with Crippen LogP contribution in [0, 0.1) is 6.92 Å². The van der Waals surface area contributed by atoms with Crippen molar-refractivity contribution >= 4 is 54.6 Å². The number of anilines is 3. The van der Waals surface area contributed by atoms with Crippen LogP contribution in [0.15, 0.2) is 107 Å². The summed E-state index contributed by atoms with van der Waals surface area (Å²) in [5, 5.41) is 2.58. The fourth-order valence-electron chi connectivity index (χ4n) is 3.32. The van der Waals surface area contributed by atoms with E-state index in [2.05, 4.69) is 14.8 Å². The molecule has 0 bridgehead atoms. The Morgan fingerprint density at radius 2 is 1.24 bits per heavy atom. The molecule has 0 unspecified atom stereocenters. The van der Waals surface area contributed by atoms with Gasteiger partial charge in [-0.2, -0.15) is 0 Å². The molecule has 0 fully saturated rings. The Labute approximate surface area is 220 Å². The highest BCUT2D eigenvalue weighted by molar-refractivity contribution is 7.93. The zero-order chi connectivity index (χ0) is 26.6. The van der Waals surface area contributed by atoms with Crippen LogP contribution in [-0.2, 0) is 20.0 Å². The van der Waals surface area contributed by atoms with Gasteiger partial charge in [0.1, 0.15) is 4.90 Å². The summed E-state index contributed by atoms with van der Waals surface area (Å²) in [7, 11) is -7.89. The number of aryl methyl sites for hydroxylation is 1. The molecule has 4 rings (SSSR count). The number of amides is 1. The molecule has 4 aromatic rings. The molecule has 0 atom stereocenters. The number of carbonyl (C=O) groups is 1. The lowest BCUT2D eigenvalue weighted by Crippen LogP contribution is -2.16. The van der Waals surface area contributed by atoms with E-state index in [1.807, 2.05) is 6.92 Å². The van der Waals surface area contributed by atoms with Gasteiger partial charge in [0.15, 0.2) is 0 Å². The van der Waals surface area contributed by atoms with Crippen molar-refractivity contribution in [3.8, 4) is 0 Å². The minimum absolute atomic E-state index is 0.0120. The maximum absolute atomic E-state index is 12.8. The van der Waals surface area contributed by atoms with Crippen LogP contribution in [0.2, 0.25) is 5.02 Å². The van der Waals surface area contributed by atoms with E-state index in [1.165, 1.54) is 42.5 Å². The van der Waals surface area contributed by atoms with Gasteiger partial charge in [0.25, 0.3) is 26.0 Å². The van der Waals surface area contributed by atoms with Crippen molar-refractivity contribution in [2.24, 2.45) is 0 Å². The highest BCUT2D eigenvalue weighted by Crippen LogP contribution is 2.26. The predicted octanol–water partition coefficient (Wildman–Crippen LogP) is 5.50. The van der Waals surface area contributed by atoms with Crippen molar-refractivity contribution in [1.82, 2.24) is 0 Å². The zero-order valence-electron chi connectivity index (χ0n) is 19.5. The third-order valence-corrected chi connectivity index (χ3v) is 8.50. The van der Waals surface area contributed by atoms with Gasteiger partial charge in [0.05, 0.1) is 9.92 Å². The third kappa shape index (κ3) is 6.48. The molecule has 0 aliphatic heterocycles. The molecule has 0 saturated carbocycles. The molecule has 0 aromatic heterocycles. The van der Waals surface area contributed by atoms with E-state index in [0.29, 0.717) is 17.1 Å². The third-order valence-electron chi connectivity index (χ3n) is 5.24. The molecule has 0 aliphatic carbocycles. The molecular formula is C26H22ClN3O5S2. The highest BCUT2D eigenvalue weighted by atomic mass is 35.5. The summed E-state index contributed by atoms with van der Waals surface area (Å²) >= 11 is 6.12. The first-order valence-electron chi connectivity index (χ1n) is 10.9. The van der Waals surface area contributed by atoms with E-state index in [9.17, 15) is 21.6 Å². The van der Waals surface area contributed by atoms with Crippen LogP contribution < -0.4 is 14.8 Å². The van der Waals surface area contributed by atoms with Crippen LogP contribution >= 0.6 is 11.6 Å². The fraction of sp³-hybridized carbons (Fsp3) is 0.0385. The Hall–Kier alpha value is -3.86. The smallest absolute Gasteiger partial charge is 0.263 e. The average Bonchev–Trinajstić information content (AvgIpc) is 2.86. The summed E-state index contributed by atoms with van der Waals surface area (Å²) in [5.74, 6) is -0.596. The Morgan fingerprint density at radius 1 is 0.676 bits per heavy atom. The van der Waals surface area contributed by atoms with Gasteiger partial charge in [0, 0.05) is 22.6 Å². The topological polar surface area (TPSA) is 121 Å². The molecule has 0 radical (unpaired) electrons. The molecule has 37 heavy (non-hydrogen) atoms. The average molecular weight is 556 g/mol. The van der Waals surface area contributed by atoms with E-state index < -0.39 is 26.0 Å². The largest absolute Gasteiger partial charge is 0.322 e. The maximum Gasteiger partial charge on any atom is 0.263 e. The molecule has 4 aromatic carbocycles. The van der Waals surface area contributed by atoms with Crippen LogP contribution in [0.3, 0.4) is 0 Å². The standard InChI is InChI=1S/C26H22ClN3O5S2/c1-18-7-10-22(11-8-18)29-36(32,33)23-14-12-20(13-15-23)28-26(31)19-9-16-24(27)25(17-19)37(34,35)30-21-5-3-2-4-6-21/h2-17,29-30H,1H3,(H,28,31). The van der Waals surface area contributed by atoms with E-state index >= 15 is 0 Å². The Bertz CT molecular complexity index is 1640. The van der Waals surface area contributed by atoms with E-state index in [-0.39, 0.29) is 20.4 Å². The van der Waals surface area contributed by atoms with Gasteiger partial charge >= 0.3 is 0 Å². The number of hydrogen-bond donors (Lipinski definition) is 3.